The van der Waals surface area contributed by atoms with Crippen LogP contribution in [0.25, 0.3) is 11.3 Å². The molecule has 0 aliphatic heterocycles. The molecule has 1 saturated carbocycles. The Labute approximate surface area is 122 Å². The van der Waals surface area contributed by atoms with Crippen LogP contribution >= 0.6 is 22.9 Å². The second-order valence-corrected chi connectivity index (χ2v) is 6.70. The SMILES string of the molecule is Cc1cc(Cl)ccc1-c1nc(C2CCCC2)sc1N. The van der Waals surface area contributed by atoms with E-state index in [0.29, 0.717) is 5.92 Å². The van der Waals surface area contributed by atoms with Crippen LogP contribution < -0.4 is 5.73 Å². The minimum absolute atomic E-state index is 0.619. The highest BCUT2D eigenvalue weighted by Crippen LogP contribution is 2.41. The van der Waals surface area contributed by atoms with Crippen molar-refractivity contribution in [1.82, 2.24) is 4.98 Å². The van der Waals surface area contributed by atoms with Gasteiger partial charge in [0.2, 0.25) is 0 Å². The van der Waals surface area contributed by atoms with E-state index in [2.05, 4.69) is 6.92 Å². The van der Waals surface area contributed by atoms with E-state index in [9.17, 15) is 0 Å². The maximum atomic E-state index is 6.17. The second-order valence-electron chi connectivity index (χ2n) is 5.21. The van der Waals surface area contributed by atoms with Gasteiger partial charge >= 0.3 is 0 Å². The molecule has 1 aromatic carbocycles. The summed E-state index contributed by atoms with van der Waals surface area (Å²) in [4.78, 5) is 4.80. The maximum Gasteiger partial charge on any atom is 0.114 e. The number of thiazole rings is 1. The van der Waals surface area contributed by atoms with Crippen molar-refractivity contribution in [1.29, 1.82) is 0 Å². The molecule has 19 heavy (non-hydrogen) atoms. The van der Waals surface area contributed by atoms with Crippen LogP contribution in [0.3, 0.4) is 0 Å². The number of anilines is 1. The predicted octanol–water partition coefficient (Wildman–Crippen LogP) is 5.01. The molecule has 1 aliphatic rings. The highest BCUT2D eigenvalue weighted by Gasteiger charge is 2.22. The van der Waals surface area contributed by atoms with Crippen molar-refractivity contribution in [3.8, 4) is 11.3 Å². The molecule has 0 spiro atoms. The molecule has 0 bridgehead atoms. The van der Waals surface area contributed by atoms with Crippen molar-refractivity contribution in [2.75, 3.05) is 5.73 Å². The summed E-state index contributed by atoms with van der Waals surface area (Å²) in [5.74, 6) is 0.619. The van der Waals surface area contributed by atoms with Crippen molar-refractivity contribution < 1.29 is 0 Å². The predicted molar refractivity (Wildman–Crippen MR) is 82.9 cm³/mol. The number of nitrogens with two attached hydrogens (primary N) is 1. The van der Waals surface area contributed by atoms with E-state index in [1.807, 2.05) is 18.2 Å². The van der Waals surface area contributed by atoms with Crippen molar-refractivity contribution in [2.24, 2.45) is 0 Å². The van der Waals surface area contributed by atoms with E-state index in [0.717, 1.165) is 26.8 Å². The van der Waals surface area contributed by atoms with Crippen LogP contribution in [0.2, 0.25) is 5.02 Å². The largest absolute Gasteiger partial charge is 0.389 e. The van der Waals surface area contributed by atoms with Crippen LogP contribution in [0.5, 0.6) is 0 Å². The molecule has 2 aromatic rings. The van der Waals surface area contributed by atoms with Crippen molar-refractivity contribution in [2.45, 2.75) is 38.5 Å². The molecule has 1 aliphatic carbocycles. The molecular formula is C15H17ClN2S. The lowest BCUT2D eigenvalue weighted by atomic mass is 10.1. The Kier molecular flexibility index (Phi) is 3.50. The number of halogens is 1. The topological polar surface area (TPSA) is 38.9 Å². The van der Waals surface area contributed by atoms with Gasteiger partial charge in [0.05, 0.1) is 5.01 Å². The number of hydrogen-bond donors (Lipinski definition) is 1. The molecule has 3 rings (SSSR count). The molecule has 2 nitrogen and oxygen atoms in total. The molecule has 0 radical (unpaired) electrons. The normalized spacial score (nSPS) is 16.1. The lowest BCUT2D eigenvalue weighted by molar-refractivity contribution is 0.717. The Bertz CT molecular complexity index is 600. The van der Waals surface area contributed by atoms with Gasteiger partial charge in [-0.25, -0.2) is 4.98 Å². The standard InChI is InChI=1S/C15H17ClN2S/c1-9-8-11(16)6-7-12(9)13-14(17)19-15(18-13)10-4-2-3-5-10/h6-8,10H,2-5,17H2,1H3. The van der Waals surface area contributed by atoms with Crippen molar-refractivity contribution >= 4 is 27.9 Å². The van der Waals surface area contributed by atoms with Gasteiger partial charge < -0.3 is 5.73 Å². The molecule has 1 heterocycles. The number of benzene rings is 1. The highest BCUT2D eigenvalue weighted by atomic mass is 35.5. The third-order valence-corrected chi connectivity index (χ3v) is 5.10. The number of nitrogen functional groups attached to an aromatic ring is 1. The Morgan fingerprint density at radius 1 is 1.32 bits per heavy atom. The summed E-state index contributed by atoms with van der Waals surface area (Å²) >= 11 is 7.66. The van der Waals surface area contributed by atoms with Gasteiger partial charge in [-0.2, -0.15) is 0 Å². The lowest BCUT2D eigenvalue weighted by Gasteiger charge is -2.05. The summed E-state index contributed by atoms with van der Waals surface area (Å²) < 4.78 is 0. The molecule has 0 unspecified atom stereocenters. The smallest absolute Gasteiger partial charge is 0.114 e. The van der Waals surface area contributed by atoms with Gasteiger partial charge in [0, 0.05) is 16.5 Å². The first-order valence-electron chi connectivity index (χ1n) is 6.68. The van der Waals surface area contributed by atoms with Gasteiger partial charge in [-0.1, -0.05) is 30.5 Å². The first-order chi connectivity index (χ1) is 9.15. The fraction of sp³-hybridized carbons (Fsp3) is 0.400. The lowest BCUT2D eigenvalue weighted by Crippen LogP contribution is -1.92. The minimum atomic E-state index is 0.619. The molecule has 0 amide bonds. The average molecular weight is 293 g/mol. The van der Waals surface area contributed by atoms with Gasteiger partial charge in [-0.15, -0.1) is 11.3 Å². The first kappa shape index (κ1) is 12.9. The van der Waals surface area contributed by atoms with E-state index in [1.54, 1.807) is 11.3 Å². The Morgan fingerprint density at radius 2 is 2.05 bits per heavy atom. The third-order valence-electron chi connectivity index (χ3n) is 3.82. The summed E-state index contributed by atoms with van der Waals surface area (Å²) in [7, 11) is 0. The zero-order chi connectivity index (χ0) is 13.4. The summed E-state index contributed by atoms with van der Waals surface area (Å²) in [5.41, 5.74) is 9.33. The van der Waals surface area contributed by atoms with E-state index in [-0.39, 0.29) is 0 Å². The van der Waals surface area contributed by atoms with Crippen LogP contribution in [0, 0.1) is 6.92 Å². The number of aromatic nitrogens is 1. The molecule has 2 N–H and O–H groups in total. The average Bonchev–Trinajstić information content (AvgIpc) is 2.98. The summed E-state index contributed by atoms with van der Waals surface area (Å²) in [6.07, 6.45) is 5.15. The molecule has 0 atom stereocenters. The van der Waals surface area contributed by atoms with E-state index in [1.165, 1.54) is 30.7 Å². The van der Waals surface area contributed by atoms with E-state index in [4.69, 9.17) is 22.3 Å². The van der Waals surface area contributed by atoms with Gasteiger partial charge in [0.1, 0.15) is 10.7 Å². The van der Waals surface area contributed by atoms with Crippen molar-refractivity contribution in [3.05, 3.63) is 33.8 Å². The first-order valence-corrected chi connectivity index (χ1v) is 7.87. The van der Waals surface area contributed by atoms with Crippen LogP contribution in [0.15, 0.2) is 18.2 Å². The maximum absolute atomic E-state index is 6.17. The van der Waals surface area contributed by atoms with Crippen LogP contribution in [-0.2, 0) is 0 Å². The molecule has 1 fully saturated rings. The summed E-state index contributed by atoms with van der Waals surface area (Å²) in [6.45, 7) is 2.05. The quantitative estimate of drug-likeness (QED) is 0.845. The van der Waals surface area contributed by atoms with E-state index >= 15 is 0 Å². The molecular weight excluding hydrogens is 276 g/mol. The van der Waals surface area contributed by atoms with Crippen molar-refractivity contribution in [3.63, 3.8) is 0 Å². The Balaban J connectivity index is 2.00. The molecule has 100 valence electrons. The van der Waals surface area contributed by atoms with Crippen LogP contribution in [-0.4, -0.2) is 4.98 Å². The highest BCUT2D eigenvalue weighted by molar-refractivity contribution is 7.16. The minimum Gasteiger partial charge on any atom is -0.389 e. The zero-order valence-electron chi connectivity index (χ0n) is 10.9. The molecule has 4 heteroatoms. The van der Waals surface area contributed by atoms with E-state index < -0.39 is 0 Å². The Morgan fingerprint density at radius 3 is 2.74 bits per heavy atom. The molecule has 1 aromatic heterocycles. The van der Waals surface area contributed by atoms with Crippen LogP contribution in [0.1, 0.15) is 42.2 Å². The summed E-state index contributed by atoms with van der Waals surface area (Å²) in [5, 5.41) is 2.79. The van der Waals surface area contributed by atoms with Gasteiger partial charge in [0.25, 0.3) is 0 Å². The number of rotatable bonds is 2. The Hall–Kier alpha value is -1.06. The second kappa shape index (κ2) is 5.14. The fourth-order valence-corrected chi connectivity index (χ4v) is 4.03. The number of aryl methyl sites for hydroxylation is 1. The molecule has 0 saturated heterocycles. The number of nitrogens with zero attached hydrogens (tertiary/aromatic N) is 1. The van der Waals surface area contributed by atoms with Gasteiger partial charge in [-0.05, 0) is 37.5 Å². The number of hydrogen-bond acceptors (Lipinski definition) is 3. The monoisotopic (exact) mass is 292 g/mol. The third kappa shape index (κ3) is 2.49. The van der Waals surface area contributed by atoms with Crippen LogP contribution in [0.4, 0.5) is 5.00 Å². The van der Waals surface area contributed by atoms with Gasteiger partial charge in [-0.3, -0.25) is 0 Å². The fourth-order valence-electron chi connectivity index (χ4n) is 2.78. The van der Waals surface area contributed by atoms with Gasteiger partial charge in [0.15, 0.2) is 0 Å². The summed E-state index contributed by atoms with van der Waals surface area (Å²) in [6, 6.07) is 5.88. The zero-order valence-corrected chi connectivity index (χ0v) is 12.5.